The topological polar surface area (TPSA) is 234 Å². The van der Waals surface area contributed by atoms with Crippen molar-refractivity contribution in [2.45, 2.75) is 0 Å². The van der Waals surface area contributed by atoms with E-state index in [-0.39, 0.29) is 0 Å². The van der Waals surface area contributed by atoms with E-state index < -0.39 is 0 Å². The van der Waals surface area contributed by atoms with Crippen LogP contribution in [0.15, 0.2) is 391 Å². The Balaban J connectivity index is 0.000000103. The van der Waals surface area contributed by atoms with E-state index in [4.69, 9.17) is 76.3 Å². The van der Waals surface area contributed by atoms with Crippen molar-refractivity contribution in [1.29, 1.82) is 0 Å². The third-order valence-corrected chi connectivity index (χ3v) is 23.3. The molecule has 12 aromatic heterocycles. The molecule has 0 bridgehead atoms. The maximum absolute atomic E-state index is 6.31. The van der Waals surface area contributed by atoms with Crippen LogP contribution in [0, 0.1) is 0 Å². The SMILES string of the molecule is c1ccc(-c2nc(-c3ccc4c(c3)oc3ccccc34)nc(-c3cccc4oc5cc6ncccc6cc5c34)n2)cc1.c1ccc(-c2nc(-c3ccc4c(c3)oc3ccccc34)nc(-c3cccc4oc5nc6ccccc6cc5c34)n2)cc1.c1ccc(-c2nc(-c3ccc4c(c3)oc3ccccc34)nc(-c3ccnc4oc5cc6ccccc6cc5c34)n2)cc1. The molecule has 0 aliphatic heterocycles. The van der Waals surface area contributed by atoms with E-state index in [0.29, 0.717) is 63.8 Å². The summed E-state index contributed by atoms with van der Waals surface area (Å²) in [5.41, 5.74) is 18.7. The summed E-state index contributed by atoms with van der Waals surface area (Å²) < 4.78 is 37.3. The Hall–Kier alpha value is -17.6. The summed E-state index contributed by atoms with van der Waals surface area (Å²) in [4.78, 5) is 58.7. The fraction of sp³-hybridized carbons (Fsp3) is 0. The van der Waals surface area contributed by atoms with E-state index in [0.717, 1.165) is 203 Å². The summed E-state index contributed by atoms with van der Waals surface area (Å²) in [6.07, 6.45) is 3.54. The Labute approximate surface area is 713 Å². The van der Waals surface area contributed by atoms with E-state index >= 15 is 0 Å². The predicted octanol–water partition coefficient (Wildman–Crippen LogP) is 27.7. The lowest BCUT2D eigenvalue weighted by Gasteiger charge is -2.09. The average Bonchev–Trinajstić information content (AvgIpc) is 1.62. The lowest BCUT2D eigenvalue weighted by molar-refractivity contribution is 0.654. The molecular formula is C108H60N12O6. The zero-order valence-corrected chi connectivity index (χ0v) is 66.5. The number of furan rings is 6. The number of hydrogen-bond acceptors (Lipinski definition) is 18. The molecule has 0 atom stereocenters. The Morgan fingerprint density at radius 2 is 0.508 bits per heavy atom. The Morgan fingerprint density at radius 3 is 1.03 bits per heavy atom. The number of nitrogens with zero attached hydrogens (tertiary/aromatic N) is 12. The molecule has 0 saturated heterocycles. The summed E-state index contributed by atoms with van der Waals surface area (Å²) >= 11 is 0. The van der Waals surface area contributed by atoms with Crippen LogP contribution >= 0.6 is 0 Å². The first-order valence-corrected chi connectivity index (χ1v) is 41.2. The molecule has 27 aromatic rings. The maximum Gasteiger partial charge on any atom is 0.228 e. The minimum absolute atomic E-state index is 0.546. The van der Waals surface area contributed by atoms with E-state index in [1.165, 1.54) is 0 Å². The first-order valence-electron chi connectivity index (χ1n) is 41.2. The number of fused-ring (bicyclic) bond motifs is 21. The van der Waals surface area contributed by atoms with Gasteiger partial charge in [-0.1, -0.05) is 237 Å². The van der Waals surface area contributed by atoms with E-state index in [9.17, 15) is 0 Å². The number of aromatic nitrogens is 12. The molecule has 126 heavy (non-hydrogen) atoms. The van der Waals surface area contributed by atoms with Gasteiger partial charge in [-0.05, 0) is 120 Å². The second kappa shape index (κ2) is 29.1. The number of para-hydroxylation sites is 4. The van der Waals surface area contributed by atoms with Gasteiger partial charge in [0.15, 0.2) is 52.4 Å². The zero-order valence-electron chi connectivity index (χ0n) is 66.5. The fourth-order valence-corrected chi connectivity index (χ4v) is 17.3. The van der Waals surface area contributed by atoms with Crippen LogP contribution in [0.25, 0.3) is 267 Å². The minimum atomic E-state index is 0.546. The molecule has 12 heterocycles. The first kappa shape index (κ1) is 71.3. The van der Waals surface area contributed by atoms with Crippen LogP contribution < -0.4 is 0 Å². The average molecular weight is 1620 g/mol. The van der Waals surface area contributed by atoms with Gasteiger partial charge in [-0.15, -0.1) is 0 Å². The van der Waals surface area contributed by atoms with Crippen LogP contribution in [0.3, 0.4) is 0 Å². The molecule has 0 aliphatic rings. The monoisotopic (exact) mass is 1620 g/mol. The highest BCUT2D eigenvalue weighted by molar-refractivity contribution is 6.18. The molecule has 0 fully saturated rings. The van der Waals surface area contributed by atoms with Crippen molar-refractivity contribution in [2.24, 2.45) is 0 Å². The van der Waals surface area contributed by atoms with Crippen LogP contribution in [0.2, 0.25) is 0 Å². The summed E-state index contributed by atoms with van der Waals surface area (Å²) in [7, 11) is 0. The van der Waals surface area contributed by atoms with E-state index in [2.05, 4.69) is 94.9 Å². The number of hydrogen-bond donors (Lipinski definition) is 0. The van der Waals surface area contributed by atoms with Crippen molar-refractivity contribution in [1.82, 2.24) is 59.8 Å². The molecule has 18 nitrogen and oxygen atoms in total. The molecule has 15 aromatic carbocycles. The zero-order chi connectivity index (χ0) is 82.9. The maximum atomic E-state index is 6.31. The van der Waals surface area contributed by atoms with E-state index in [1.54, 1.807) is 12.4 Å². The molecule has 27 rings (SSSR count). The van der Waals surface area contributed by atoms with Gasteiger partial charge in [-0.3, -0.25) is 4.98 Å². The Bertz CT molecular complexity index is 8270. The highest BCUT2D eigenvalue weighted by atomic mass is 16.4. The summed E-state index contributed by atoms with van der Waals surface area (Å²) in [6.45, 7) is 0. The van der Waals surface area contributed by atoms with Gasteiger partial charge in [0.25, 0.3) is 0 Å². The molecule has 0 amide bonds. The predicted molar refractivity (Wildman–Crippen MR) is 498 cm³/mol. The number of rotatable bonds is 9. The molecule has 0 spiro atoms. The van der Waals surface area contributed by atoms with Crippen LogP contribution in [-0.2, 0) is 0 Å². The van der Waals surface area contributed by atoms with Gasteiger partial charge in [0, 0.05) is 139 Å². The quantitative estimate of drug-likeness (QED) is 0.131. The summed E-state index contributed by atoms with van der Waals surface area (Å²) in [5.74, 6) is 5.15. The second-order valence-electron chi connectivity index (χ2n) is 30.9. The lowest BCUT2D eigenvalue weighted by atomic mass is 10.0. The normalized spacial score (nSPS) is 11.8. The molecule has 18 heteroatoms. The number of benzene rings is 15. The number of pyridine rings is 3. The van der Waals surface area contributed by atoms with Crippen LogP contribution in [0.5, 0.6) is 0 Å². The van der Waals surface area contributed by atoms with Crippen LogP contribution in [0.4, 0.5) is 0 Å². The minimum Gasteiger partial charge on any atom is -0.456 e. The van der Waals surface area contributed by atoms with Crippen molar-refractivity contribution in [2.75, 3.05) is 0 Å². The van der Waals surface area contributed by atoms with Gasteiger partial charge in [0.2, 0.25) is 11.4 Å². The molecule has 0 unspecified atom stereocenters. The van der Waals surface area contributed by atoms with Crippen molar-refractivity contribution in [3.8, 4) is 102 Å². The lowest BCUT2D eigenvalue weighted by Crippen LogP contribution is -2.00. The molecule has 0 aliphatic carbocycles. The standard InChI is InChI=1S/3C36H20N4O2/c1-2-9-21(10-3-1)33-38-34(23-17-18-25-24-12-5-7-15-29(24)41-31(25)20-23)40-35(39-33)26-13-8-16-30-32(26)27-19-22-11-4-6-14-28(22)37-36(27)42-30;1-2-8-21(9-3-1)34-38-35(23-15-16-25-24-11-4-5-13-29(24)41-31(25)19-23)40-36(39-34)26-12-6-14-30-33(26)27-18-22-10-7-17-37-28(22)20-32(27)42-30;1-2-8-21(9-3-1)33-38-34(24-14-15-26-25-12-6-7-13-29(25)41-30(26)20-24)40-35(39-33)27-16-17-37-36-32(27)28-18-22-10-4-5-11-23(22)19-31(28)42-36/h3*1-20H. The van der Waals surface area contributed by atoms with Gasteiger partial charge in [-0.25, -0.2) is 54.8 Å². The third kappa shape index (κ3) is 12.3. The second-order valence-corrected chi connectivity index (χ2v) is 30.9. The fourth-order valence-electron chi connectivity index (χ4n) is 17.3. The van der Waals surface area contributed by atoms with E-state index in [1.807, 2.05) is 267 Å². The molecule has 588 valence electrons. The van der Waals surface area contributed by atoms with Crippen molar-refractivity contribution >= 4 is 164 Å². The Kier molecular flexibility index (Phi) is 16.5. The molecule has 0 radical (unpaired) electrons. The van der Waals surface area contributed by atoms with Gasteiger partial charge in [0.1, 0.15) is 55.8 Å². The highest BCUT2D eigenvalue weighted by Crippen LogP contribution is 2.44. The highest BCUT2D eigenvalue weighted by Gasteiger charge is 2.25. The Morgan fingerprint density at radius 1 is 0.159 bits per heavy atom. The molecule has 0 N–H and O–H groups in total. The third-order valence-electron chi connectivity index (χ3n) is 23.3. The summed E-state index contributed by atoms with van der Waals surface area (Å²) in [5, 5.41) is 16.4. The molecular weight excluding hydrogens is 1560 g/mol. The smallest absolute Gasteiger partial charge is 0.228 e. The van der Waals surface area contributed by atoms with Crippen molar-refractivity contribution in [3.63, 3.8) is 0 Å². The molecule has 0 saturated carbocycles. The van der Waals surface area contributed by atoms with Gasteiger partial charge in [-0.2, -0.15) is 0 Å². The van der Waals surface area contributed by atoms with Crippen LogP contribution in [-0.4, -0.2) is 59.8 Å². The van der Waals surface area contributed by atoms with Gasteiger partial charge < -0.3 is 26.5 Å². The largest absolute Gasteiger partial charge is 0.456 e. The van der Waals surface area contributed by atoms with Gasteiger partial charge >= 0.3 is 0 Å². The van der Waals surface area contributed by atoms with Crippen molar-refractivity contribution in [3.05, 3.63) is 364 Å². The first-order chi connectivity index (χ1) is 62.3. The van der Waals surface area contributed by atoms with Crippen LogP contribution in [0.1, 0.15) is 0 Å². The van der Waals surface area contributed by atoms with Gasteiger partial charge in [0.05, 0.1) is 16.4 Å². The summed E-state index contributed by atoms with van der Waals surface area (Å²) in [6, 6.07) is 117. The van der Waals surface area contributed by atoms with Crippen molar-refractivity contribution < 1.29 is 26.5 Å².